The molecule has 4 heteroatoms. The summed E-state index contributed by atoms with van der Waals surface area (Å²) in [6, 6.07) is 10.7. The summed E-state index contributed by atoms with van der Waals surface area (Å²) < 4.78 is 3.06. The van der Waals surface area contributed by atoms with Gasteiger partial charge < -0.3 is 5.32 Å². The number of aromatic nitrogens is 2. The minimum Gasteiger partial charge on any atom is -0.308 e. The van der Waals surface area contributed by atoms with Crippen LogP contribution in [0.3, 0.4) is 0 Å². The SMILES string of the molecule is CC(Cn1cccn1)NCc1cccc(Br)c1. The Morgan fingerprint density at radius 1 is 1.41 bits per heavy atom. The first-order valence-electron chi connectivity index (χ1n) is 5.69. The van der Waals surface area contributed by atoms with E-state index >= 15 is 0 Å². The number of hydrogen-bond donors (Lipinski definition) is 1. The summed E-state index contributed by atoms with van der Waals surface area (Å²) in [4.78, 5) is 0. The van der Waals surface area contributed by atoms with Crippen LogP contribution in [-0.4, -0.2) is 15.8 Å². The van der Waals surface area contributed by atoms with Gasteiger partial charge in [0.25, 0.3) is 0 Å². The lowest BCUT2D eigenvalue weighted by atomic mass is 10.2. The largest absolute Gasteiger partial charge is 0.308 e. The number of halogens is 1. The van der Waals surface area contributed by atoms with Crippen molar-refractivity contribution >= 4 is 15.9 Å². The molecule has 0 aliphatic rings. The van der Waals surface area contributed by atoms with Crippen molar-refractivity contribution in [2.45, 2.75) is 26.1 Å². The molecule has 1 heterocycles. The number of benzene rings is 1. The molecule has 2 aromatic rings. The number of hydrogen-bond acceptors (Lipinski definition) is 2. The molecule has 0 bridgehead atoms. The Hall–Kier alpha value is -1.13. The zero-order valence-electron chi connectivity index (χ0n) is 9.81. The molecule has 3 nitrogen and oxygen atoms in total. The number of nitrogens with one attached hydrogen (secondary N) is 1. The Balaban J connectivity index is 1.82. The van der Waals surface area contributed by atoms with E-state index in [1.807, 2.05) is 23.0 Å². The van der Waals surface area contributed by atoms with Crippen molar-refractivity contribution in [2.24, 2.45) is 0 Å². The van der Waals surface area contributed by atoms with Crippen molar-refractivity contribution in [3.63, 3.8) is 0 Å². The van der Waals surface area contributed by atoms with Gasteiger partial charge in [-0.1, -0.05) is 28.1 Å². The molecular weight excluding hydrogens is 278 g/mol. The topological polar surface area (TPSA) is 29.9 Å². The predicted molar refractivity (Wildman–Crippen MR) is 72.7 cm³/mol. The van der Waals surface area contributed by atoms with Gasteiger partial charge in [-0.05, 0) is 30.7 Å². The third-order valence-corrected chi connectivity index (χ3v) is 3.06. The van der Waals surface area contributed by atoms with Crippen LogP contribution >= 0.6 is 15.9 Å². The molecule has 2 rings (SSSR count). The van der Waals surface area contributed by atoms with E-state index in [1.165, 1.54) is 5.56 Å². The van der Waals surface area contributed by atoms with Gasteiger partial charge in [-0.3, -0.25) is 4.68 Å². The zero-order chi connectivity index (χ0) is 12.1. The maximum atomic E-state index is 4.19. The molecule has 0 fully saturated rings. The normalized spacial score (nSPS) is 12.6. The molecular formula is C13H16BrN3. The molecule has 1 N–H and O–H groups in total. The van der Waals surface area contributed by atoms with Crippen LogP contribution in [0.25, 0.3) is 0 Å². The molecule has 1 atom stereocenters. The minimum atomic E-state index is 0.397. The summed E-state index contributed by atoms with van der Waals surface area (Å²) in [5.41, 5.74) is 1.28. The van der Waals surface area contributed by atoms with Crippen LogP contribution in [0.1, 0.15) is 12.5 Å². The zero-order valence-corrected chi connectivity index (χ0v) is 11.4. The van der Waals surface area contributed by atoms with Gasteiger partial charge in [0.1, 0.15) is 0 Å². The monoisotopic (exact) mass is 293 g/mol. The fraction of sp³-hybridized carbons (Fsp3) is 0.308. The maximum Gasteiger partial charge on any atom is 0.0560 e. The molecule has 0 aliphatic heterocycles. The quantitative estimate of drug-likeness (QED) is 0.919. The summed E-state index contributed by atoms with van der Waals surface area (Å²) in [6.07, 6.45) is 3.79. The van der Waals surface area contributed by atoms with E-state index in [9.17, 15) is 0 Å². The highest BCUT2D eigenvalue weighted by molar-refractivity contribution is 9.10. The molecule has 0 saturated carbocycles. The van der Waals surface area contributed by atoms with Crippen LogP contribution in [0.2, 0.25) is 0 Å². The second-order valence-electron chi connectivity index (χ2n) is 4.14. The Bertz CT molecular complexity index is 453. The van der Waals surface area contributed by atoms with E-state index in [0.717, 1.165) is 17.6 Å². The first kappa shape index (κ1) is 12.3. The summed E-state index contributed by atoms with van der Waals surface area (Å²) in [5.74, 6) is 0. The Labute approximate surface area is 110 Å². The first-order valence-corrected chi connectivity index (χ1v) is 6.48. The van der Waals surface area contributed by atoms with Gasteiger partial charge in [0.2, 0.25) is 0 Å². The number of rotatable bonds is 5. The minimum absolute atomic E-state index is 0.397. The molecule has 1 aromatic heterocycles. The highest BCUT2D eigenvalue weighted by Gasteiger charge is 2.02. The molecule has 1 unspecified atom stereocenters. The van der Waals surface area contributed by atoms with Crippen molar-refractivity contribution in [3.8, 4) is 0 Å². The summed E-state index contributed by atoms with van der Waals surface area (Å²) in [5, 5.41) is 7.68. The summed E-state index contributed by atoms with van der Waals surface area (Å²) in [7, 11) is 0. The average Bonchev–Trinajstić information content (AvgIpc) is 2.79. The van der Waals surface area contributed by atoms with Crippen molar-refractivity contribution in [3.05, 3.63) is 52.8 Å². The predicted octanol–water partition coefficient (Wildman–Crippen LogP) is 2.82. The lowest BCUT2D eigenvalue weighted by Crippen LogP contribution is -2.30. The molecule has 1 aromatic carbocycles. The van der Waals surface area contributed by atoms with E-state index in [2.05, 4.69) is 51.5 Å². The van der Waals surface area contributed by atoms with Crippen LogP contribution in [-0.2, 0) is 13.1 Å². The van der Waals surface area contributed by atoms with Crippen molar-refractivity contribution in [1.82, 2.24) is 15.1 Å². The number of nitrogens with zero attached hydrogens (tertiary/aromatic N) is 2. The van der Waals surface area contributed by atoms with Gasteiger partial charge in [0.15, 0.2) is 0 Å². The highest BCUT2D eigenvalue weighted by Crippen LogP contribution is 2.11. The van der Waals surface area contributed by atoms with E-state index in [0.29, 0.717) is 6.04 Å². The standard InChI is InChI=1S/C13H16BrN3/c1-11(10-17-7-3-6-16-17)15-9-12-4-2-5-13(14)8-12/h2-8,11,15H,9-10H2,1H3. The fourth-order valence-corrected chi connectivity index (χ4v) is 2.14. The molecule has 90 valence electrons. The van der Waals surface area contributed by atoms with Gasteiger partial charge in [0, 0.05) is 29.5 Å². The smallest absolute Gasteiger partial charge is 0.0560 e. The second kappa shape index (κ2) is 5.98. The van der Waals surface area contributed by atoms with E-state index in [1.54, 1.807) is 6.20 Å². The first-order chi connectivity index (χ1) is 8.24. The second-order valence-corrected chi connectivity index (χ2v) is 5.06. The van der Waals surface area contributed by atoms with Gasteiger partial charge in [-0.25, -0.2) is 0 Å². The van der Waals surface area contributed by atoms with Crippen LogP contribution in [0.4, 0.5) is 0 Å². The lowest BCUT2D eigenvalue weighted by molar-refractivity contribution is 0.451. The summed E-state index contributed by atoms with van der Waals surface area (Å²) >= 11 is 3.48. The van der Waals surface area contributed by atoms with Gasteiger partial charge in [-0.15, -0.1) is 0 Å². The van der Waals surface area contributed by atoms with Crippen LogP contribution < -0.4 is 5.32 Å². The van der Waals surface area contributed by atoms with Crippen molar-refractivity contribution < 1.29 is 0 Å². The Kier molecular flexibility index (Phi) is 4.34. The molecule has 0 radical (unpaired) electrons. The van der Waals surface area contributed by atoms with E-state index in [4.69, 9.17) is 0 Å². The van der Waals surface area contributed by atoms with Gasteiger partial charge in [0.05, 0.1) is 6.54 Å². The third kappa shape index (κ3) is 3.98. The van der Waals surface area contributed by atoms with Crippen LogP contribution in [0.5, 0.6) is 0 Å². The van der Waals surface area contributed by atoms with Crippen molar-refractivity contribution in [2.75, 3.05) is 0 Å². The molecule has 17 heavy (non-hydrogen) atoms. The maximum absolute atomic E-state index is 4.19. The third-order valence-electron chi connectivity index (χ3n) is 2.56. The molecule has 0 spiro atoms. The lowest BCUT2D eigenvalue weighted by Gasteiger charge is -2.14. The average molecular weight is 294 g/mol. The Morgan fingerprint density at radius 2 is 2.29 bits per heavy atom. The van der Waals surface area contributed by atoms with E-state index in [-0.39, 0.29) is 0 Å². The van der Waals surface area contributed by atoms with E-state index < -0.39 is 0 Å². The van der Waals surface area contributed by atoms with Crippen LogP contribution in [0, 0.1) is 0 Å². The van der Waals surface area contributed by atoms with Gasteiger partial charge in [-0.2, -0.15) is 5.10 Å². The Morgan fingerprint density at radius 3 is 3.00 bits per heavy atom. The van der Waals surface area contributed by atoms with Crippen LogP contribution in [0.15, 0.2) is 47.2 Å². The van der Waals surface area contributed by atoms with Gasteiger partial charge >= 0.3 is 0 Å². The molecule has 0 amide bonds. The summed E-state index contributed by atoms with van der Waals surface area (Å²) in [6.45, 7) is 3.93. The highest BCUT2D eigenvalue weighted by atomic mass is 79.9. The van der Waals surface area contributed by atoms with Crippen molar-refractivity contribution in [1.29, 1.82) is 0 Å². The fourth-order valence-electron chi connectivity index (χ4n) is 1.69. The molecule has 0 saturated heterocycles. The molecule has 0 aliphatic carbocycles.